The summed E-state index contributed by atoms with van der Waals surface area (Å²) in [5.74, 6) is -0.214. The molecule has 0 saturated carbocycles. The maximum absolute atomic E-state index is 12.9. The van der Waals surface area contributed by atoms with Crippen LogP contribution in [0.2, 0.25) is 0 Å². The zero-order valence-electron chi connectivity index (χ0n) is 11.8. The van der Waals surface area contributed by atoms with Crippen molar-refractivity contribution in [3.8, 4) is 5.75 Å². The Kier molecular flexibility index (Phi) is 4.95. The molecule has 0 amide bonds. The van der Waals surface area contributed by atoms with Crippen LogP contribution in [0.4, 0.5) is 18.9 Å². The molecule has 0 spiro atoms. The summed E-state index contributed by atoms with van der Waals surface area (Å²) in [6, 6.07) is 3.53. The molecule has 21 heavy (non-hydrogen) atoms. The van der Waals surface area contributed by atoms with Gasteiger partial charge in [0.15, 0.2) is 0 Å². The molecule has 0 aromatic heterocycles. The minimum Gasteiger partial charge on any atom is -0.490 e. The summed E-state index contributed by atoms with van der Waals surface area (Å²) in [5, 5.41) is 0. The molecule has 0 radical (unpaired) electrons. The number of morpholine rings is 1. The summed E-state index contributed by atoms with van der Waals surface area (Å²) in [6.45, 7) is 5.06. The number of likely N-dealkylation sites (N-methyl/N-ethyl adjacent to an activating group) is 1. The number of benzene rings is 1. The molecule has 1 fully saturated rings. The Morgan fingerprint density at radius 1 is 1.43 bits per heavy atom. The van der Waals surface area contributed by atoms with Crippen molar-refractivity contribution in [1.82, 2.24) is 4.90 Å². The maximum Gasteiger partial charge on any atom is 0.420 e. The summed E-state index contributed by atoms with van der Waals surface area (Å²) in [5.41, 5.74) is 4.61. The third kappa shape index (κ3) is 4.25. The van der Waals surface area contributed by atoms with E-state index in [-0.39, 0.29) is 24.1 Å². The molecule has 118 valence electrons. The Morgan fingerprint density at radius 3 is 2.86 bits per heavy atom. The van der Waals surface area contributed by atoms with E-state index < -0.39 is 11.7 Å². The van der Waals surface area contributed by atoms with Crippen LogP contribution in [0, 0.1) is 0 Å². The lowest BCUT2D eigenvalue weighted by Crippen LogP contribution is -2.44. The second kappa shape index (κ2) is 6.53. The van der Waals surface area contributed by atoms with Gasteiger partial charge in [-0.05, 0) is 24.7 Å². The van der Waals surface area contributed by atoms with E-state index >= 15 is 0 Å². The molecule has 1 aliphatic rings. The zero-order valence-corrected chi connectivity index (χ0v) is 11.8. The predicted molar refractivity (Wildman–Crippen MR) is 73.2 cm³/mol. The van der Waals surface area contributed by atoms with E-state index in [1.807, 2.05) is 6.92 Å². The molecule has 1 aliphatic heterocycles. The van der Waals surface area contributed by atoms with Crippen LogP contribution in [0.25, 0.3) is 0 Å². The Balaban J connectivity index is 2.03. The first-order chi connectivity index (χ1) is 9.90. The molecule has 2 N–H and O–H groups in total. The molecule has 1 unspecified atom stereocenters. The fourth-order valence-electron chi connectivity index (χ4n) is 2.25. The van der Waals surface area contributed by atoms with Gasteiger partial charge in [-0.2, -0.15) is 13.2 Å². The van der Waals surface area contributed by atoms with Crippen molar-refractivity contribution in [2.45, 2.75) is 19.2 Å². The lowest BCUT2D eigenvalue weighted by Gasteiger charge is -2.32. The lowest BCUT2D eigenvalue weighted by molar-refractivity contribution is -0.139. The van der Waals surface area contributed by atoms with Gasteiger partial charge in [0.1, 0.15) is 18.5 Å². The second-order valence-corrected chi connectivity index (χ2v) is 4.95. The molecule has 1 aromatic carbocycles. The summed E-state index contributed by atoms with van der Waals surface area (Å²) in [4.78, 5) is 2.17. The van der Waals surface area contributed by atoms with Crippen LogP contribution in [-0.4, -0.2) is 43.9 Å². The molecule has 7 heteroatoms. The average molecular weight is 304 g/mol. The third-order valence-corrected chi connectivity index (χ3v) is 3.40. The first-order valence-electron chi connectivity index (χ1n) is 6.83. The number of hydrogen-bond donors (Lipinski definition) is 1. The van der Waals surface area contributed by atoms with Crippen LogP contribution in [-0.2, 0) is 10.9 Å². The Bertz CT molecular complexity index is 480. The molecule has 2 rings (SSSR count). The van der Waals surface area contributed by atoms with Gasteiger partial charge in [-0.1, -0.05) is 6.92 Å². The number of nitrogens with zero attached hydrogens (tertiary/aromatic N) is 1. The van der Waals surface area contributed by atoms with Crippen LogP contribution in [0.3, 0.4) is 0 Å². The molecule has 0 bridgehead atoms. The number of ether oxygens (including phenoxy) is 2. The monoisotopic (exact) mass is 304 g/mol. The molecule has 1 aromatic rings. The van der Waals surface area contributed by atoms with Gasteiger partial charge in [0, 0.05) is 18.8 Å². The van der Waals surface area contributed by atoms with Crippen molar-refractivity contribution in [2.75, 3.05) is 38.6 Å². The van der Waals surface area contributed by atoms with Crippen molar-refractivity contribution < 1.29 is 22.6 Å². The van der Waals surface area contributed by atoms with E-state index in [1.165, 1.54) is 12.1 Å². The van der Waals surface area contributed by atoms with Crippen molar-refractivity contribution in [2.24, 2.45) is 0 Å². The zero-order chi connectivity index (χ0) is 15.5. The first-order valence-corrected chi connectivity index (χ1v) is 6.83. The van der Waals surface area contributed by atoms with Gasteiger partial charge in [0.2, 0.25) is 0 Å². The highest BCUT2D eigenvalue weighted by Gasteiger charge is 2.35. The Labute approximate surface area is 121 Å². The van der Waals surface area contributed by atoms with E-state index in [2.05, 4.69) is 4.90 Å². The van der Waals surface area contributed by atoms with Crippen LogP contribution < -0.4 is 10.5 Å². The smallest absolute Gasteiger partial charge is 0.420 e. The lowest BCUT2D eigenvalue weighted by atomic mass is 10.1. The number of rotatable bonds is 4. The summed E-state index contributed by atoms with van der Waals surface area (Å²) < 4.78 is 49.6. The molecule has 0 aliphatic carbocycles. The molecular weight excluding hydrogens is 285 g/mol. The molecule has 1 heterocycles. The van der Waals surface area contributed by atoms with Gasteiger partial charge in [-0.25, -0.2) is 0 Å². The summed E-state index contributed by atoms with van der Waals surface area (Å²) in [6.07, 6.45) is -4.72. The van der Waals surface area contributed by atoms with Gasteiger partial charge in [-0.15, -0.1) is 0 Å². The van der Waals surface area contributed by atoms with Gasteiger partial charge < -0.3 is 15.2 Å². The van der Waals surface area contributed by atoms with Crippen LogP contribution in [0.15, 0.2) is 18.2 Å². The van der Waals surface area contributed by atoms with Crippen LogP contribution in [0.1, 0.15) is 12.5 Å². The van der Waals surface area contributed by atoms with Gasteiger partial charge in [0.05, 0.1) is 12.2 Å². The van der Waals surface area contributed by atoms with Crippen LogP contribution in [0.5, 0.6) is 5.75 Å². The summed E-state index contributed by atoms with van der Waals surface area (Å²) >= 11 is 0. The summed E-state index contributed by atoms with van der Waals surface area (Å²) in [7, 11) is 0. The highest BCUT2D eigenvalue weighted by atomic mass is 19.4. The fraction of sp³-hybridized carbons (Fsp3) is 0.571. The largest absolute Gasteiger partial charge is 0.490 e. The highest BCUT2D eigenvalue weighted by Crippen LogP contribution is 2.37. The number of nitrogen functional groups attached to an aromatic ring is 1. The molecule has 1 saturated heterocycles. The van der Waals surface area contributed by atoms with E-state index in [0.29, 0.717) is 13.2 Å². The quantitative estimate of drug-likeness (QED) is 0.868. The Morgan fingerprint density at radius 2 is 2.19 bits per heavy atom. The van der Waals surface area contributed by atoms with Crippen LogP contribution >= 0.6 is 0 Å². The Hall–Kier alpha value is -1.47. The average Bonchev–Trinajstić information content (AvgIpc) is 2.45. The number of anilines is 1. The SMILES string of the molecule is CCN1CCOC(COc2ccc(N)cc2C(F)(F)F)C1. The van der Waals surface area contributed by atoms with Crippen molar-refractivity contribution in [3.63, 3.8) is 0 Å². The predicted octanol–water partition coefficient (Wildman–Crippen LogP) is 2.39. The first kappa shape index (κ1) is 15.9. The van der Waals surface area contributed by atoms with Gasteiger partial charge in [-0.3, -0.25) is 4.90 Å². The van der Waals surface area contributed by atoms with E-state index in [1.54, 1.807) is 0 Å². The minimum absolute atomic E-state index is 0.0562. The van der Waals surface area contributed by atoms with Crippen molar-refractivity contribution >= 4 is 5.69 Å². The third-order valence-electron chi connectivity index (χ3n) is 3.40. The van der Waals surface area contributed by atoms with E-state index in [0.717, 1.165) is 19.2 Å². The van der Waals surface area contributed by atoms with Crippen molar-refractivity contribution in [3.05, 3.63) is 23.8 Å². The highest BCUT2D eigenvalue weighted by molar-refractivity contribution is 5.49. The van der Waals surface area contributed by atoms with Crippen molar-refractivity contribution in [1.29, 1.82) is 0 Å². The minimum atomic E-state index is -4.49. The topological polar surface area (TPSA) is 47.7 Å². The van der Waals surface area contributed by atoms with E-state index in [4.69, 9.17) is 15.2 Å². The standard InChI is InChI=1S/C14H19F3N2O2/c1-2-19-5-6-20-11(8-19)9-21-13-4-3-10(18)7-12(13)14(15,16)17/h3-4,7,11H,2,5-6,8-9,18H2,1H3. The molecule has 1 atom stereocenters. The van der Waals surface area contributed by atoms with Gasteiger partial charge >= 0.3 is 6.18 Å². The molecule has 4 nitrogen and oxygen atoms in total. The fourth-order valence-corrected chi connectivity index (χ4v) is 2.25. The molecular formula is C14H19F3N2O2. The second-order valence-electron chi connectivity index (χ2n) is 4.95. The van der Waals surface area contributed by atoms with E-state index in [9.17, 15) is 13.2 Å². The van der Waals surface area contributed by atoms with Gasteiger partial charge in [0.25, 0.3) is 0 Å². The number of nitrogens with two attached hydrogens (primary N) is 1. The normalized spacial score (nSPS) is 20.5. The number of halogens is 3. The number of alkyl halides is 3. The number of hydrogen-bond acceptors (Lipinski definition) is 4. The maximum atomic E-state index is 12.9.